The lowest BCUT2D eigenvalue weighted by molar-refractivity contribution is -0.121. The molecular weight excluding hydrogens is 438 g/mol. The van der Waals surface area contributed by atoms with Gasteiger partial charge in [-0.25, -0.2) is 8.42 Å². The first-order valence-electron chi connectivity index (χ1n) is 10.7. The first-order valence-corrected chi connectivity index (χ1v) is 12.1. The van der Waals surface area contributed by atoms with Gasteiger partial charge in [-0.3, -0.25) is 4.79 Å². The molecule has 0 spiro atoms. The zero-order valence-corrected chi connectivity index (χ0v) is 19.4. The zero-order chi connectivity index (χ0) is 23.6. The van der Waals surface area contributed by atoms with Crippen molar-refractivity contribution in [1.29, 1.82) is 0 Å². The van der Waals surface area contributed by atoms with Crippen molar-refractivity contribution in [3.8, 4) is 0 Å². The summed E-state index contributed by atoms with van der Waals surface area (Å²) in [5.74, 6) is -0.477. The molecule has 2 N–H and O–H groups in total. The van der Waals surface area contributed by atoms with E-state index in [1.165, 1.54) is 19.2 Å². The van der Waals surface area contributed by atoms with E-state index in [2.05, 4.69) is 5.32 Å². The van der Waals surface area contributed by atoms with Crippen molar-refractivity contribution in [3.05, 3.63) is 78.4 Å². The molecule has 1 atom stereocenters. The molecule has 7 nitrogen and oxygen atoms in total. The fourth-order valence-corrected chi connectivity index (χ4v) is 5.07. The second kappa shape index (κ2) is 9.35. The van der Waals surface area contributed by atoms with Crippen molar-refractivity contribution >= 4 is 37.7 Å². The lowest BCUT2D eigenvalue weighted by Crippen LogP contribution is -2.41. The fourth-order valence-electron chi connectivity index (χ4n) is 3.94. The maximum absolute atomic E-state index is 12.7. The van der Waals surface area contributed by atoms with Crippen LogP contribution in [0.1, 0.15) is 5.56 Å². The topological polar surface area (TPSA) is 91.6 Å². The highest BCUT2D eigenvalue weighted by molar-refractivity contribution is 7.89. The fraction of sp³-hybridized carbons (Fsp3) is 0.240. The molecule has 0 radical (unpaired) electrons. The number of aryl methyl sites for hydroxylation is 1. The molecule has 0 unspecified atom stereocenters. The molecule has 4 rings (SSSR count). The number of aromatic nitrogens is 1. The first kappa shape index (κ1) is 23.0. The standard InChI is InChI=1S/C25H27N3O4S/c1-18-11-13-20(14-12-18)33(31,32)27(2)17-25(30)26-15-19(29)16-28-23-9-5-3-7-21(23)22-8-4-6-10-24(22)28/h3-14,19,29H,15-17H2,1-2H3,(H,26,30)/t19-/m1/s1. The molecule has 0 bridgehead atoms. The largest absolute Gasteiger partial charge is 0.389 e. The third kappa shape index (κ3) is 4.78. The Bertz CT molecular complexity index is 1340. The molecule has 1 aromatic heterocycles. The molecule has 0 saturated heterocycles. The number of aliphatic hydroxyl groups is 1. The summed E-state index contributed by atoms with van der Waals surface area (Å²) < 4.78 is 28.4. The van der Waals surface area contributed by atoms with Crippen molar-refractivity contribution in [2.75, 3.05) is 20.1 Å². The Morgan fingerprint density at radius 2 is 1.52 bits per heavy atom. The summed E-state index contributed by atoms with van der Waals surface area (Å²) in [7, 11) is -2.41. The van der Waals surface area contributed by atoms with E-state index < -0.39 is 22.0 Å². The third-order valence-electron chi connectivity index (χ3n) is 5.70. The summed E-state index contributed by atoms with van der Waals surface area (Å²) in [5.41, 5.74) is 2.97. The normalized spacial score (nSPS) is 13.0. The van der Waals surface area contributed by atoms with Crippen molar-refractivity contribution in [3.63, 3.8) is 0 Å². The van der Waals surface area contributed by atoms with Crippen LogP contribution < -0.4 is 5.32 Å². The molecule has 0 aliphatic rings. The van der Waals surface area contributed by atoms with Crippen LogP contribution in [-0.4, -0.2) is 54.5 Å². The van der Waals surface area contributed by atoms with Gasteiger partial charge < -0.3 is 15.0 Å². The number of nitrogens with zero attached hydrogens (tertiary/aromatic N) is 2. The zero-order valence-electron chi connectivity index (χ0n) is 18.6. The van der Waals surface area contributed by atoms with Gasteiger partial charge in [-0.15, -0.1) is 0 Å². The van der Waals surface area contributed by atoms with Gasteiger partial charge >= 0.3 is 0 Å². The second-order valence-corrected chi connectivity index (χ2v) is 10.2. The Labute approximate surface area is 193 Å². The van der Waals surface area contributed by atoms with Crippen LogP contribution in [0, 0.1) is 6.92 Å². The van der Waals surface area contributed by atoms with Gasteiger partial charge in [0.25, 0.3) is 0 Å². The number of carbonyl (C=O) groups excluding carboxylic acids is 1. The van der Waals surface area contributed by atoms with Crippen molar-refractivity contribution < 1.29 is 18.3 Å². The third-order valence-corrected chi connectivity index (χ3v) is 7.52. The quantitative estimate of drug-likeness (QED) is 0.419. The smallest absolute Gasteiger partial charge is 0.243 e. The summed E-state index contributed by atoms with van der Waals surface area (Å²) in [6, 6.07) is 22.5. The highest BCUT2D eigenvalue weighted by Crippen LogP contribution is 2.28. The number of likely N-dealkylation sites (N-methyl/N-ethyl adjacent to an activating group) is 1. The summed E-state index contributed by atoms with van der Waals surface area (Å²) in [5, 5.41) is 15.5. The first-order chi connectivity index (χ1) is 15.8. The van der Waals surface area contributed by atoms with E-state index in [9.17, 15) is 18.3 Å². The van der Waals surface area contributed by atoms with Gasteiger partial charge in [0.1, 0.15) is 0 Å². The van der Waals surface area contributed by atoms with Crippen LogP contribution in [0.3, 0.4) is 0 Å². The van der Waals surface area contributed by atoms with Gasteiger partial charge in [0.2, 0.25) is 15.9 Å². The summed E-state index contributed by atoms with van der Waals surface area (Å²) in [6.45, 7) is 1.85. The van der Waals surface area contributed by atoms with Crippen LogP contribution in [0.25, 0.3) is 21.8 Å². The number of rotatable bonds is 8. The van der Waals surface area contributed by atoms with Crippen molar-refractivity contribution in [1.82, 2.24) is 14.2 Å². The number of hydrogen-bond donors (Lipinski definition) is 2. The Morgan fingerprint density at radius 3 is 2.09 bits per heavy atom. The van der Waals surface area contributed by atoms with Gasteiger partial charge in [0, 0.05) is 35.4 Å². The average Bonchev–Trinajstić information content (AvgIpc) is 3.12. The molecule has 1 heterocycles. The number of sulfonamides is 1. The number of fused-ring (bicyclic) bond motifs is 3. The highest BCUT2D eigenvalue weighted by Gasteiger charge is 2.23. The van der Waals surface area contributed by atoms with Gasteiger partial charge in [-0.05, 0) is 31.2 Å². The Morgan fingerprint density at radius 1 is 0.970 bits per heavy atom. The predicted molar refractivity (Wildman–Crippen MR) is 129 cm³/mol. The summed E-state index contributed by atoms with van der Waals surface area (Å²) in [6.07, 6.45) is -0.841. The molecule has 0 aliphatic heterocycles. The second-order valence-electron chi connectivity index (χ2n) is 8.18. The number of nitrogens with one attached hydrogen (secondary N) is 1. The highest BCUT2D eigenvalue weighted by atomic mass is 32.2. The van der Waals surface area contributed by atoms with Crippen LogP contribution in [0.15, 0.2) is 77.7 Å². The van der Waals surface area contributed by atoms with Gasteiger partial charge in [-0.1, -0.05) is 54.1 Å². The summed E-state index contributed by atoms with van der Waals surface area (Å²) >= 11 is 0. The molecule has 33 heavy (non-hydrogen) atoms. The Balaban J connectivity index is 1.39. The number of hydrogen-bond acceptors (Lipinski definition) is 4. The van der Waals surface area contributed by atoms with E-state index in [0.29, 0.717) is 6.54 Å². The molecule has 8 heteroatoms. The van der Waals surface area contributed by atoms with Crippen LogP contribution in [0.4, 0.5) is 0 Å². The van der Waals surface area contributed by atoms with Crippen LogP contribution in [0.5, 0.6) is 0 Å². The van der Waals surface area contributed by atoms with E-state index in [1.54, 1.807) is 12.1 Å². The van der Waals surface area contributed by atoms with Crippen molar-refractivity contribution in [2.24, 2.45) is 0 Å². The van der Waals surface area contributed by atoms with Gasteiger partial charge in [-0.2, -0.15) is 4.31 Å². The van der Waals surface area contributed by atoms with E-state index in [-0.39, 0.29) is 18.0 Å². The minimum Gasteiger partial charge on any atom is -0.389 e. The van der Waals surface area contributed by atoms with E-state index in [1.807, 2.05) is 60.0 Å². The molecule has 3 aromatic carbocycles. The maximum Gasteiger partial charge on any atom is 0.243 e. The predicted octanol–water partition coefficient (Wildman–Crippen LogP) is 2.90. The van der Waals surface area contributed by atoms with Crippen LogP contribution in [0.2, 0.25) is 0 Å². The lowest BCUT2D eigenvalue weighted by Gasteiger charge is -2.18. The Hall–Kier alpha value is -3.20. The average molecular weight is 466 g/mol. The lowest BCUT2D eigenvalue weighted by atomic mass is 10.2. The Kier molecular flexibility index (Phi) is 6.51. The monoisotopic (exact) mass is 465 g/mol. The molecule has 0 aliphatic carbocycles. The number of para-hydroxylation sites is 2. The minimum absolute atomic E-state index is 0.0120. The molecule has 0 fully saturated rings. The van der Waals surface area contributed by atoms with Gasteiger partial charge in [0.15, 0.2) is 0 Å². The molecule has 172 valence electrons. The number of carbonyl (C=O) groups is 1. The van der Waals surface area contributed by atoms with Gasteiger partial charge in [0.05, 0.1) is 24.1 Å². The number of benzene rings is 3. The molecule has 4 aromatic rings. The maximum atomic E-state index is 12.7. The van der Waals surface area contributed by atoms with E-state index in [4.69, 9.17) is 0 Å². The molecule has 0 saturated carbocycles. The van der Waals surface area contributed by atoms with E-state index >= 15 is 0 Å². The SMILES string of the molecule is Cc1ccc(S(=O)(=O)N(C)CC(=O)NC[C@@H](O)Cn2c3ccccc3c3ccccc32)cc1. The van der Waals surface area contributed by atoms with E-state index in [0.717, 1.165) is 31.7 Å². The molecule has 1 amide bonds. The minimum atomic E-state index is -3.77. The van der Waals surface area contributed by atoms with Crippen molar-refractivity contribution in [2.45, 2.75) is 24.5 Å². The summed E-state index contributed by atoms with van der Waals surface area (Å²) in [4.78, 5) is 12.5. The number of aliphatic hydroxyl groups excluding tert-OH is 1. The number of amides is 1. The van der Waals surface area contributed by atoms with Crippen LogP contribution >= 0.6 is 0 Å². The van der Waals surface area contributed by atoms with Crippen LogP contribution in [-0.2, 0) is 21.4 Å². The molecular formula is C25H27N3O4S.